The predicted molar refractivity (Wildman–Crippen MR) is 270 cm³/mol. The molecule has 6 rings (SSSR count). The Morgan fingerprint density at radius 2 is 1.41 bits per heavy atom. The molecular weight excluding hydrogens is 955 g/mol. The average molecular weight is 1030 g/mol. The first kappa shape index (κ1) is 56.3. The number of nitrogens with one attached hydrogen (secondary N) is 1. The summed E-state index contributed by atoms with van der Waals surface area (Å²) in [7, 11) is 0. The zero-order chi connectivity index (χ0) is 53.5. The van der Waals surface area contributed by atoms with Crippen LogP contribution in [0.3, 0.4) is 0 Å². The number of nitrogens with zero attached hydrogens (tertiary/aromatic N) is 4. The summed E-state index contributed by atoms with van der Waals surface area (Å²) in [4.78, 5) is 82.7. The summed E-state index contributed by atoms with van der Waals surface area (Å²) in [6.45, 7) is 18.2. The molecule has 19 heteroatoms. The molecule has 0 bridgehead atoms. The number of carbonyl (C=O) groups is 6. The van der Waals surface area contributed by atoms with E-state index < -0.39 is 72.7 Å². The molecule has 2 saturated heterocycles. The van der Waals surface area contributed by atoms with Crippen molar-refractivity contribution in [3.8, 4) is 11.6 Å². The maximum atomic E-state index is 14.1. The fourth-order valence-electron chi connectivity index (χ4n) is 9.06. The van der Waals surface area contributed by atoms with E-state index in [2.05, 4.69) is 27.2 Å². The third kappa shape index (κ3) is 16.0. The van der Waals surface area contributed by atoms with Crippen molar-refractivity contribution < 1.29 is 66.7 Å². The number of aromatic nitrogens is 2. The fraction of sp³-hybridized carbons (Fsp3) is 0.509. The number of hydrogen-bond donors (Lipinski definition) is 1. The smallest absolute Gasteiger partial charge is 0.410 e. The molecule has 1 aromatic heterocycles. The number of rotatable bonds is 22. The van der Waals surface area contributed by atoms with E-state index in [-0.39, 0.29) is 44.0 Å². The molecule has 74 heavy (non-hydrogen) atoms. The molecule has 2 aliphatic rings. The summed E-state index contributed by atoms with van der Waals surface area (Å²) in [5.41, 5.74) is 4.41. The number of benzene rings is 3. The molecule has 400 valence electrons. The van der Waals surface area contributed by atoms with Crippen LogP contribution in [0.1, 0.15) is 101 Å². The van der Waals surface area contributed by atoms with E-state index in [4.69, 9.17) is 37.9 Å². The van der Waals surface area contributed by atoms with Gasteiger partial charge in [0, 0.05) is 91.2 Å². The Balaban J connectivity index is 1.12. The van der Waals surface area contributed by atoms with Gasteiger partial charge in [-0.1, -0.05) is 80.6 Å². The zero-order valence-electron chi connectivity index (χ0n) is 44.0. The molecular formula is C55H71N5O14. The third-order valence-corrected chi connectivity index (χ3v) is 12.7. The highest BCUT2D eigenvalue weighted by molar-refractivity contribution is 5.83. The van der Waals surface area contributed by atoms with E-state index in [1.165, 1.54) is 12.5 Å². The maximum Gasteiger partial charge on any atom is 0.410 e. The van der Waals surface area contributed by atoms with Crippen molar-refractivity contribution in [3.05, 3.63) is 112 Å². The van der Waals surface area contributed by atoms with Crippen LogP contribution < -0.4 is 9.47 Å². The molecule has 3 aromatic carbocycles. The molecule has 2 fully saturated rings. The Morgan fingerprint density at radius 3 is 2.01 bits per heavy atom. The van der Waals surface area contributed by atoms with Gasteiger partial charge < -0.3 is 47.7 Å². The quantitative estimate of drug-likeness (QED) is 0.0494. The van der Waals surface area contributed by atoms with Crippen LogP contribution in [0.15, 0.2) is 78.9 Å². The number of aryl methyl sites for hydroxylation is 1. The summed E-state index contributed by atoms with van der Waals surface area (Å²) in [6, 6.07) is 25.4. The van der Waals surface area contributed by atoms with Crippen molar-refractivity contribution >= 4 is 35.9 Å². The van der Waals surface area contributed by atoms with Gasteiger partial charge >= 0.3 is 30.0 Å². The lowest BCUT2D eigenvalue weighted by Gasteiger charge is -2.43. The lowest BCUT2D eigenvalue weighted by atomic mass is 9.90. The van der Waals surface area contributed by atoms with Crippen LogP contribution >= 0.6 is 0 Å². The van der Waals surface area contributed by atoms with Crippen LogP contribution in [0.2, 0.25) is 0 Å². The highest BCUT2D eigenvalue weighted by Gasteiger charge is 2.54. The predicted octanol–water partition coefficient (Wildman–Crippen LogP) is 6.67. The number of aromatic amines is 1. The molecule has 5 atom stereocenters. The van der Waals surface area contributed by atoms with Crippen molar-refractivity contribution in [1.29, 1.82) is 0 Å². The molecule has 3 heterocycles. The zero-order valence-corrected chi connectivity index (χ0v) is 44.0. The maximum absolute atomic E-state index is 14.1. The molecule has 4 aromatic rings. The Kier molecular flexibility index (Phi) is 20.0. The van der Waals surface area contributed by atoms with E-state index in [0.717, 1.165) is 62.8 Å². The van der Waals surface area contributed by atoms with Crippen molar-refractivity contribution in [2.45, 2.75) is 125 Å². The minimum atomic E-state index is -1.48. The van der Waals surface area contributed by atoms with E-state index in [1.807, 2.05) is 106 Å². The van der Waals surface area contributed by atoms with Gasteiger partial charge in [0.2, 0.25) is 24.2 Å². The highest BCUT2D eigenvalue weighted by atomic mass is 16.7. The normalized spacial score (nSPS) is 19.0. The van der Waals surface area contributed by atoms with E-state index in [9.17, 15) is 28.8 Å². The van der Waals surface area contributed by atoms with Gasteiger partial charge in [-0.05, 0) is 67.5 Å². The molecule has 0 aliphatic carbocycles. The van der Waals surface area contributed by atoms with Gasteiger partial charge in [-0.25, -0.2) is 4.79 Å². The second kappa shape index (κ2) is 26.3. The molecule has 0 unspecified atom stereocenters. The van der Waals surface area contributed by atoms with E-state index in [1.54, 1.807) is 4.90 Å². The first-order valence-electron chi connectivity index (χ1n) is 25.1. The van der Waals surface area contributed by atoms with Gasteiger partial charge in [0.1, 0.15) is 25.1 Å². The Bertz CT molecular complexity index is 2530. The second-order valence-corrected chi connectivity index (χ2v) is 19.6. The number of amides is 2. The number of piperazine rings is 1. The first-order valence-corrected chi connectivity index (χ1v) is 25.1. The van der Waals surface area contributed by atoms with Crippen molar-refractivity contribution in [2.24, 2.45) is 5.41 Å². The monoisotopic (exact) mass is 1030 g/mol. The van der Waals surface area contributed by atoms with Crippen molar-refractivity contribution in [1.82, 2.24) is 24.9 Å². The molecule has 19 nitrogen and oxygen atoms in total. The van der Waals surface area contributed by atoms with Gasteiger partial charge in [-0.2, -0.15) is 0 Å². The SMILES string of the molecule is CC(=O)OC[C@H]1O[C@@H](Oc2n[nH]c(C(C)C)c2Cc2ccc(OCCCN(CC(C)(C)C(=O)N3CCN(Cc4ccccc4)CC3)C(=O)OCc3ccccc3)cc2C)[C@H](OC(C)=O)[C@@H](OC(C)=O)[C@@H]1OC(C)=O. The van der Waals surface area contributed by atoms with Crippen LogP contribution in [-0.4, -0.2) is 144 Å². The Hall–Kier alpha value is -6.99. The van der Waals surface area contributed by atoms with Crippen LogP contribution in [0.25, 0.3) is 0 Å². The lowest BCUT2D eigenvalue weighted by molar-refractivity contribution is -0.289. The first-order chi connectivity index (χ1) is 35.3. The Labute approximate surface area is 433 Å². The number of carbonyl (C=O) groups excluding carboxylic acids is 6. The van der Waals surface area contributed by atoms with Crippen LogP contribution in [-0.2, 0) is 72.0 Å². The van der Waals surface area contributed by atoms with Gasteiger partial charge in [0.05, 0.1) is 12.0 Å². The van der Waals surface area contributed by atoms with Crippen molar-refractivity contribution in [2.75, 3.05) is 52.5 Å². The van der Waals surface area contributed by atoms with Gasteiger partial charge in [-0.15, -0.1) is 5.10 Å². The van der Waals surface area contributed by atoms with Gasteiger partial charge in [0.25, 0.3) is 0 Å². The minimum absolute atomic E-state index is 0.0140. The van der Waals surface area contributed by atoms with E-state index >= 15 is 0 Å². The van der Waals surface area contributed by atoms with Crippen LogP contribution in [0, 0.1) is 12.3 Å². The highest BCUT2D eigenvalue weighted by Crippen LogP contribution is 2.35. The summed E-state index contributed by atoms with van der Waals surface area (Å²) < 4.78 is 46.6. The lowest BCUT2D eigenvalue weighted by Crippen LogP contribution is -2.63. The molecule has 2 amide bonds. The minimum Gasteiger partial charge on any atom is -0.494 e. The standard InChI is InChI=1S/C55H71N5O14/c1-35(2)47-45(51(57-56-47)74-52-50(72-40(7)64)49(71-39(6)63)48(70-38(5)62)46(73-52)33-68-37(4)61)30-43-21-22-44(29-36(43)3)67-28-16-23-60(54(66)69-32-42-19-14-11-15-20-42)34-55(8,9)53(65)59-26-24-58(25-27-59)31-41-17-12-10-13-18-41/h10-15,17-22,29,35,46,48-50,52H,16,23-28,30-34H2,1-9H3,(H,56,57)/t46-,48-,49+,50-,52+/m1/s1. The van der Waals surface area contributed by atoms with Gasteiger partial charge in [-0.3, -0.25) is 34.0 Å². The van der Waals surface area contributed by atoms with Crippen molar-refractivity contribution in [3.63, 3.8) is 0 Å². The molecule has 1 N–H and O–H groups in total. The average Bonchev–Trinajstić information content (AvgIpc) is 3.75. The number of hydrogen-bond acceptors (Lipinski definition) is 16. The summed E-state index contributed by atoms with van der Waals surface area (Å²) in [6.07, 6.45) is -6.63. The molecule has 0 spiro atoms. The largest absolute Gasteiger partial charge is 0.494 e. The third-order valence-electron chi connectivity index (χ3n) is 12.7. The van der Waals surface area contributed by atoms with Crippen LogP contribution in [0.4, 0.5) is 4.79 Å². The number of esters is 4. The summed E-state index contributed by atoms with van der Waals surface area (Å²) >= 11 is 0. The molecule has 2 aliphatic heterocycles. The molecule has 0 saturated carbocycles. The molecule has 0 radical (unpaired) electrons. The number of H-pyrrole nitrogens is 1. The van der Waals surface area contributed by atoms with Crippen LogP contribution in [0.5, 0.6) is 11.6 Å². The van der Waals surface area contributed by atoms with Gasteiger partial charge in [0.15, 0.2) is 12.2 Å². The second-order valence-electron chi connectivity index (χ2n) is 19.6. The Morgan fingerprint density at radius 1 is 0.784 bits per heavy atom. The fourth-order valence-corrected chi connectivity index (χ4v) is 9.06. The van der Waals surface area contributed by atoms with E-state index in [0.29, 0.717) is 37.2 Å². The summed E-state index contributed by atoms with van der Waals surface area (Å²) in [5.74, 6) is -2.27. The summed E-state index contributed by atoms with van der Waals surface area (Å²) in [5, 5.41) is 7.55. The number of ether oxygens (including phenoxy) is 8. The topological polar surface area (TPSA) is 215 Å².